The van der Waals surface area contributed by atoms with Crippen LogP contribution in [0, 0.1) is 0 Å². The van der Waals surface area contributed by atoms with Crippen LogP contribution in [0.2, 0.25) is 0 Å². The second-order valence-corrected chi connectivity index (χ2v) is 6.57. The van der Waals surface area contributed by atoms with E-state index in [0.29, 0.717) is 6.04 Å². The summed E-state index contributed by atoms with van der Waals surface area (Å²) in [4.78, 5) is 14.4. The average molecular weight is 268 g/mol. The number of rotatable bonds is 3. The van der Waals surface area contributed by atoms with Gasteiger partial charge >= 0.3 is 0 Å². The Bertz CT molecular complexity index is 311. The summed E-state index contributed by atoms with van der Waals surface area (Å²) in [7, 11) is 0. The lowest BCUT2D eigenvalue weighted by Gasteiger charge is -2.38. The Balaban J connectivity index is 1.82. The number of carbonyl (C=O) groups is 1. The molecule has 0 bridgehead atoms. The molecular formula is C15H28N2O2. The third-order valence-electron chi connectivity index (χ3n) is 4.22. The fourth-order valence-electron chi connectivity index (χ4n) is 3.19. The standard InChI is InChI=1S/C15H28N2O2/c1-12(14(18)17-8-5-4-6-9-17)16-13-7-10-19-15(2,3)11-13/h12-13,16H,4-11H2,1-3H3. The molecule has 0 aromatic carbocycles. The maximum Gasteiger partial charge on any atom is 0.239 e. The van der Waals surface area contributed by atoms with Gasteiger partial charge in [0.05, 0.1) is 11.6 Å². The summed E-state index contributed by atoms with van der Waals surface area (Å²) >= 11 is 0. The maximum absolute atomic E-state index is 12.4. The summed E-state index contributed by atoms with van der Waals surface area (Å²) in [5.41, 5.74) is -0.0657. The number of likely N-dealkylation sites (tertiary alicyclic amines) is 1. The zero-order valence-corrected chi connectivity index (χ0v) is 12.6. The largest absolute Gasteiger partial charge is 0.375 e. The van der Waals surface area contributed by atoms with Gasteiger partial charge in [-0.1, -0.05) is 0 Å². The third-order valence-corrected chi connectivity index (χ3v) is 4.22. The van der Waals surface area contributed by atoms with Gasteiger partial charge in [-0.25, -0.2) is 0 Å². The lowest BCUT2D eigenvalue weighted by atomic mass is 9.93. The molecule has 0 spiro atoms. The molecule has 4 heteroatoms. The van der Waals surface area contributed by atoms with E-state index in [1.807, 2.05) is 11.8 Å². The number of hydrogen-bond donors (Lipinski definition) is 1. The molecule has 2 heterocycles. The van der Waals surface area contributed by atoms with Crippen LogP contribution in [0.5, 0.6) is 0 Å². The molecule has 2 fully saturated rings. The summed E-state index contributed by atoms with van der Waals surface area (Å²) in [6, 6.07) is 0.324. The number of ether oxygens (including phenoxy) is 1. The normalized spacial score (nSPS) is 29.0. The molecule has 0 aliphatic carbocycles. The van der Waals surface area contributed by atoms with Crippen molar-refractivity contribution in [3.05, 3.63) is 0 Å². The van der Waals surface area contributed by atoms with Crippen molar-refractivity contribution in [3.8, 4) is 0 Å². The van der Waals surface area contributed by atoms with Gasteiger partial charge in [0.15, 0.2) is 0 Å². The van der Waals surface area contributed by atoms with Gasteiger partial charge in [-0.05, 0) is 52.9 Å². The smallest absolute Gasteiger partial charge is 0.239 e. The Morgan fingerprint density at radius 3 is 2.63 bits per heavy atom. The molecule has 2 rings (SSSR count). The molecule has 2 unspecified atom stereocenters. The van der Waals surface area contributed by atoms with Crippen LogP contribution in [0.25, 0.3) is 0 Å². The molecule has 0 aromatic heterocycles. The van der Waals surface area contributed by atoms with Gasteiger partial charge in [0.1, 0.15) is 0 Å². The zero-order chi connectivity index (χ0) is 13.9. The second kappa shape index (κ2) is 6.23. The van der Waals surface area contributed by atoms with Crippen molar-refractivity contribution in [3.63, 3.8) is 0 Å². The summed E-state index contributed by atoms with van der Waals surface area (Å²) in [5.74, 6) is 0.268. The topological polar surface area (TPSA) is 41.6 Å². The number of nitrogens with one attached hydrogen (secondary N) is 1. The molecule has 1 N–H and O–H groups in total. The zero-order valence-electron chi connectivity index (χ0n) is 12.6. The summed E-state index contributed by atoms with van der Waals surface area (Å²) in [5, 5.41) is 3.50. The lowest BCUT2D eigenvalue weighted by molar-refractivity contribution is -0.134. The van der Waals surface area contributed by atoms with Crippen LogP contribution in [-0.4, -0.2) is 48.2 Å². The van der Waals surface area contributed by atoms with E-state index in [0.717, 1.165) is 45.4 Å². The van der Waals surface area contributed by atoms with Crippen molar-refractivity contribution in [1.29, 1.82) is 0 Å². The highest BCUT2D eigenvalue weighted by Crippen LogP contribution is 2.24. The van der Waals surface area contributed by atoms with Crippen LogP contribution in [0.1, 0.15) is 52.9 Å². The third kappa shape index (κ3) is 4.18. The van der Waals surface area contributed by atoms with E-state index in [1.54, 1.807) is 0 Å². The summed E-state index contributed by atoms with van der Waals surface area (Å²) in [6.07, 6.45) is 5.55. The first-order chi connectivity index (χ1) is 8.98. The number of piperidine rings is 1. The van der Waals surface area contributed by atoms with E-state index >= 15 is 0 Å². The summed E-state index contributed by atoms with van der Waals surface area (Å²) in [6.45, 7) is 8.90. The molecule has 0 saturated carbocycles. The highest BCUT2D eigenvalue weighted by Gasteiger charge is 2.31. The minimum absolute atomic E-state index is 0.0657. The number of amides is 1. The van der Waals surface area contributed by atoms with Crippen LogP contribution in [0.4, 0.5) is 0 Å². The molecule has 2 atom stereocenters. The van der Waals surface area contributed by atoms with Crippen LogP contribution in [0.15, 0.2) is 0 Å². The first-order valence-electron chi connectivity index (χ1n) is 7.67. The number of carbonyl (C=O) groups excluding carboxylic acids is 1. The van der Waals surface area contributed by atoms with Crippen molar-refractivity contribution in [2.45, 2.75) is 70.6 Å². The molecule has 110 valence electrons. The van der Waals surface area contributed by atoms with Crippen LogP contribution < -0.4 is 5.32 Å². The Hall–Kier alpha value is -0.610. The van der Waals surface area contributed by atoms with Crippen molar-refractivity contribution >= 4 is 5.91 Å². The van der Waals surface area contributed by atoms with Gasteiger partial charge in [-0.3, -0.25) is 4.79 Å². The van der Waals surface area contributed by atoms with Crippen molar-refractivity contribution in [1.82, 2.24) is 10.2 Å². The lowest BCUT2D eigenvalue weighted by Crippen LogP contribution is -2.52. The fourth-order valence-corrected chi connectivity index (χ4v) is 3.19. The Kier molecular flexibility index (Phi) is 4.85. The Morgan fingerprint density at radius 1 is 1.32 bits per heavy atom. The molecule has 0 aromatic rings. The van der Waals surface area contributed by atoms with E-state index in [-0.39, 0.29) is 17.6 Å². The predicted molar refractivity (Wildman–Crippen MR) is 76.1 cm³/mol. The average Bonchev–Trinajstić information content (AvgIpc) is 2.37. The van der Waals surface area contributed by atoms with E-state index in [4.69, 9.17) is 4.74 Å². The fraction of sp³-hybridized carbons (Fsp3) is 0.933. The number of hydrogen-bond acceptors (Lipinski definition) is 3. The van der Waals surface area contributed by atoms with E-state index in [2.05, 4.69) is 19.2 Å². The van der Waals surface area contributed by atoms with Crippen molar-refractivity contribution in [2.75, 3.05) is 19.7 Å². The Labute approximate surface area is 116 Å². The second-order valence-electron chi connectivity index (χ2n) is 6.57. The molecule has 4 nitrogen and oxygen atoms in total. The van der Waals surface area contributed by atoms with Crippen LogP contribution >= 0.6 is 0 Å². The minimum atomic E-state index is -0.0722. The molecular weight excluding hydrogens is 240 g/mol. The molecule has 2 saturated heterocycles. The van der Waals surface area contributed by atoms with Crippen molar-refractivity contribution < 1.29 is 9.53 Å². The van der Waals surface area contributed by atoms with Gasteiger partial charge in [0.25, 0.3) is 0 Å². The van der Waals surface area contributed by atoms with E-state index in [9.17, 15) is 4.79 Å². The Morgan fingerprint density at radius 2 is 2.00 bits per heavy atom. The molecule has 2 aliphatic heterocycles. The SMILES string of the molecule is CC(NC1CCOC(C)(C)C1)C(=O)N1CCCCC1. The van der Waals surface area contributed by atoms with Gasteiger partial charge in [0.2, 0.25) is 5.91 Å². The quantitative estimate of drug-likeness (QED) is 0.850. The first kappa shape index (κ1) is 14.8. The minimum Gasteiger partial charge on any atom is -0.375 e. The molecule has 0 radical (unpaired) electrons. The van der Waals surface area contributed by atoms with Crippen LogP contribution in [0.3, 0.4) is 0 Å². The highest BCUT2D eigenvalue weighted by molar-refractivity contribution is 5.81. The molecule has 2 aliphatic rings. The number of nitrogens with zero attached hydrogens (tertiary/aromatic N) is 1. The highest BCUT2D eigenvalue weighted by atomic mass is 16.5. The van der Waals surface area contributed by atoms with E-state index in [1.165, 1.54) is 6.42 Å². The first-order valence-corrected chi connectivity index (χ1v) is 7.67. The molecule has 19 heavy (non-hydrogen) atoms. The monoisotopic (exact) mass is 268 g/mol. The van der Waals surface area contributed by atoms with Crippen LogP contribution in [-0.2, 0) is 9.53 Å². The van der Waals surface area contributed by atoms with Gasteiger partial charge in [0, 0.05) is 25.7 Å². The van der Waals surface area contributed by atoms with Crippen molar-refractivity contribution in [2.24, 2.45) is 0 Å². The van der Waals surface area contributed by atoms with Gasteiger partial charge in [-0.15, -0.1) is 0 Å². The summed E-state index contributed by atoms with van der Waals surface area (Å²) < 4.78 is 5.72. The van der Waals surface area contributed by atoms with Gasteiger partial charge < -0.3 is 15.0 Å². The molecule has 1 amide bonds. The predicted octanol–water partition coefficient (Wildman–Crippen LogP) is 1.93. The van der Waals surface area contributed by atoms with Gasteiger partial charge in [-0.2, -0.15) is 0 Å². The maximum atomic E-state index is 12.4. The van der Waals surface area contributed by atoms with E-state index < -0.39 is 0 Å².